The Balaban J connectivity index is 1.71. The summed E-state index contributed by atoms with van der Waals surface area (Å²) in [6.45, 7) is 8.40. The first-order valence-electron chi connectivity index (χ1n) is 11.6. The normalized spacial score (nSPS) is 15.7. The molecule has 2 heterocycles. The molecule has 1 aliphatic heterocycles. The van der Waals surface area contributed by atoms with Gasteiger partial charge in [0.15, 0.2) is 5.17 Å². The number of esters is 1. The molecule has 3 aromatic rings. The Morgan fingerprint density at radius 3 is 2.44 bits per heavy atom. The lowest BCUT2D eigenvalue weighted by molar-refractivity contribution is -0.122. The molecule has 0 radical (unpaired) electrons. The Morgan fingerprint density at radius 2 is 1.81 bits per heavy atom. The summed E-state index contributed by atoms with van der Waals surface area (Å²) in [5.74, 6) is 0.323. The summed E-state index contributed by atoms with van der Waals surface area (Å²) >= 11 is 1.37. The van der Waals surface area contributed by atoms with Crippen molar-refractivity contribution in [3.8, 4) is 11.4 Å². The number of amidine groups is 1. The number of likely N-dealkylation sites (N-methyl/N-ethyl adjacent to an activating group) is 1. The number of aliphatic imine (C=N–C) groups is 1. The average Bonchev–Trinajstić information content (AvgIpc) is 3.33. The van der Waals surface area contributed by atoms with E-state index in [1.807, 2.05) is 70.2 Å². The van der Waals surface area contributed by atoms with Crippen molar-refractivity contribution >= 4 is 40.6 Å². The van der Waals surface area contributed by atoms with Crippen molar-refractivity contribution < 1.29 is 19.1 Å². The highest BCUT2D eigenvalue weighted by Crippen LogP contribution is 2.36. The lowest BCUT2D eigenvalue weighted by Gasteiger charge is -2.15. The fourth-order valence-corrected chi connectivity index (χ4v) is 5.33. The molecule has 7 nitrogen and oxygen atoms in total. The molecule has 8 heteroatoms. The van der Waals surface area contributed by atoms with Gasteiger partial charge >= 0.3 is 5.97 Å². The van der Waals surface area contributed by atoms with Gasteiger partial charge in [-0.05, 0) is 99.1 Å². The zero-order valence-corrected chi connectivity index (χ0v) is 22.1. The second-order valence-corrected chi connectivity index (χ2v) is 9.36. The van der Waals surface area contributed by atoms with E-state index in [0.717, 1.165) is 39.6 Å². The van der Waals surface area contributed by atoms with Gasteiger partial charge < -0.3 is 14.0 Å². The van der Waals surface area contributed by atoms with Crippen LogP contribution in [-0.2, 0) is 9.53 Å². The minimum absolute atomic E-state index is 0.0663. The number of amides is 1. The first-order chi connectivity index (χ1) is 17.3. The third kappa shape index (κ3) is 4.68. The van der Waals surface area contributed by atoms with E-state index in [9.17, 15) is 9.59 Å². The van der Waals surface area contributed by atoms with Gasteiger partial charge in [0.05, 0.1) is 30.4 Å². The maximum atomic E-state index is 13.2. The number of methoxy groups -OCH3 is 2. The van der Waals surface area contributed by atoms with Gasteiger partial charge in [0.25, 0.3) is 5.91 Å². The highest BCUT2D eigenvalue weighted by atomic mass is 32.2. The van der Waals surface area contributed by atoms with E-state index in [-0.39, 0.29) is 11.9 Å². The molecule has 0 spiro atoms. The number of rotatable bonds is 6. The van der Waals surface area contributed by atoms with Crippen LogP contribution in [-0.4, -0.2) is 47.3 Å². The lowest BCUT2D eigenvalue weighted by Crippen LogP contribution is -2.28. The molecule has 4 rings (SSSR count). The van der Waals surface area contributed by atoms with Gasteiger partial charge in [-0.25, -0.2) is 9.79 Å². The molecular formula is C28H29N3O4S. The average molecular weight is 504 g/mol. The molecule has 1 aliphatic rings. The van der Waals surface area contributed by atoms with Crippen LogP contribution in [0.15, 0.2) is 58.4 Å². The van der Waals surface area contributed by atoms with E-state index in [1.54, 1.807) is 18.1 Å². The van der Waals surface area contributed by atoms with Gasteiger partial charge in [-0.15, -0.1) is 0 Å². The topological polar surface area (TPSA) is 73.1 Å². The van der Waals surface area contributed by atoms with Crippen molar-refractivity contribution in [3.05, 3.63) is 81.5 Å². The van der Waals surface area contributed by atoms with E-state index >= 15 is 0 Å². The Kier molecular flexibility index (Phi) is 7.35. The van der Waals surface area contributed by atoms with Gasteiger partial charge in [-0.2, -0.15) is 0 Å². The highest BCUT2D eigenvalue weighted by molar-refractivity contribution is 8.18. The highest BCUT2D eigenvalue weighted by Gasteiger charge is 2.32. The number of hydrogen-bond acceptors (Lipinski definition) is 6. The van der Waals surface area contributed by atoms with Crippen molar-refractivity contribution in [3.63, 3.8) is 0 Å². The fraction of sp³-hybridized carbons (Fsp3) is 0.250. The van der Waals surface area contributed by atoms with Crippen molar-refractivity contribution in [2.24, 2.45) is 4.99 Å². The maximum absolute atomic E-state index is 13.2. The van der Waals surface area contributed by atoms with Crippen LogP contribution in [0, 0.1) is 20.8 Å². The first kappa shape index (κ1) is 25.3. The molecule has 2 aromatic carbocycles. The van der Waals surface area contributed by atoms with Crippen LogP contribution in [0.3, 0.4) is 0 Å². The predicted octanol–water partition coefficient (Wildman–Crippen LogP) is 5.82. The molecule has 1 fully saturated rings. The summed E-state index contributed by atoms with van der Waals surface area (Å²) in [4.78, 5) is 32.4. The molecule has 0 N–H and O–H groups in total. The molecule has 1 amide bonds. The van der Waals surface area contributed by atoms with Crippen LogP contribution in [0.5, 0.6) is 5.75 Å². The SMILES string of the molecule is CCN1C(=O)/C(=C\c2cc(C)n(-c3cccc(C(=O)OC)c3C)c2C)SC1=Nc1ccc(OC)cc1. The number of thioether (sulfide) groups is 1. The Hall–Kier alpha value is -3.78. The van der Waals surface area contributed by atoms with Gasteiger partial charge in [0.2, 0.25) is 0 Å². The summed E-state index contributed by atoms with van der Waals surface area (Å²) in [5, 5.41) is 0.648. The largest absolute Gasteiger partial charge is 0.497 e. The zero-order chi connectivity index (χ0) is 26.0. The van der Waals surface area contributed by atoms with Gasteiger partial charge in [0, 0.05) is 23.6 Å². The molecule has 0 bridgehead atoms. The van der Waals surface area contributed by atoms with Crippen LogP contribution in [0.2, 0.25) is 0 Å². The van der Waals surface area contributed by atoms with E-state index < -0.39 is 0 Å². The molecule has 0 saturated carbocycles. The van der Waals surface area contributed by atoms with Crippen LogP contribution in [0.25, 0.3) is 11.8 Å². The maximum Gasteiger partial charge on any atom is 0.338 e. The smallest absolute Gasteiger partial charge is 0.338 e. The second-order valence-electron chi connectivity index (χ2n) is 8.36. The van der Waals surface area contributed by atoms with Crippen LogP contribution >= 0.6 is 11.8 Å². The molecule has 36 heavy (non-hydrogen) atoms. The lowest BCUT2D eigenvalue weighted by atomic mass is 10.1. The summed E-state index contributed by atoms with van der Waals surface area (Å²) in [5.41, 5.74) is 5.93. The number of carbonyl (C=O) groups is 2. The summed E-state index contributed by atoms with van der Waals surface area (Å²) < 4.78 is 12.3. The van der Waals surface area contributed by atoms with Crippen LogP contribution < -0.4 is 4.74 Å². The summed E-state index contributed by atoms with van der Waals surface area (Å²) in [6.07, 6.45) is 1.92. The van der Waals surface area contributed by atoms with Gasteiger partial charge in [-0.3, -0.25) is 9.69 Å². The Morgan fingerprint density at radius 1 is 1.08 bits per heavy atom. The van der Waals surface area contributed by atoms with E-state index in [2.05, 4.69) is 10.6 Å². The standard InChI is InChI=1S/C28H29N3O4S/c1-7-30-26(32)25(36-28(30)29-21-11-13-22(34-5)14-12-21)16-20-15-17(2)31(19(20)4)24-10-8-9-23(18(24)3)27(33)35-6/h8-16H,7H2,1-6H3/b25-16+,29-28?. The number of aromatic nitrogens is 1. The quantitative estimate of drug-likeness (QED) is 0.313. The molecule has 186 valence electrons. The minimum atomic E-state index is -0.365. The number of ether oxygens (including phenoxy) is 2. The number of benzene rings is 2. The number of carbonyl (C=O) groups excluding carboxylic acids is 2. The number of aryl methyl sites for hydroxylation is 1. The second kappa shape index (κ2) is 10.5. The molecule has 1 saturated heterocycles. The van der Waals surface area contributed by atoms with E-state index in [0.29, 0.717) is 22.2 Å². The Labute approximate surface area is 215 Å². The van der Waals surface area contributed by atoms with Crippen LogP contribution in [0.1, 0.15) is 39.8 Å². The van der Waals surface area contributed by atoms with Crippen molar-refractivity contribution in [1.82, 2.24) is 9.47 Å². The van der Waals surface area contributed by atoms with Crippen LogP contribution in [0.4, 0.5) is 5.69 Å². The van der Waals surface area contributed by atoms with Gasteiger partial charge in [-0.1, -0.05) is 6.07 Å². The zero-order valence-electron chi connectivity index (χ0n) is 21.3. The minimum Gasteiger partial charge on any atom is -0.497 e. The molecule has 1 aromatic heterocycles. The first-order valence-corrected chi connectivity index (χ1v) is 12.4. The molecular weight excluding hydrogens is 474 g/mol. The van der Waals surface area contributed by atoms with Crippen molar-refractivity contribution in [2.45, 2.75) is 27.7 Å². The number of nitrogens with zero attached hydrogens (tertiary/aromatic N) is 3. The van der Waals surface area contributed by atoms with E-state index in [4.69, 9.17) is 14.5 Å². The molecule has 0 aliphatic carbocycles. The monoisotopic (exact) mass is 503 g/mol. The van der Waals surface area contributed by atoms with Crippen molar-refractivity contribution in [2.75, 3.05) is 20.8 Å². The third-order valence-corrected chi connectivity index (χ3v) is 7.22. The number of hydrogen-bond donors (Lipinski definition) is 0. The fourth-order valence-electron chi connectivity index (χ4n) is 4.28. The summed E-state index contributed by atoms with van der Waals surface area (Å²) in [7, 11) is 3.00. The van der Waals surface area contributed by atoms with E-state index in [1.165, 1.54) is 18.9 Å². The third-order valence-electron chi connectivity index (χ3n) is 6.21. The summed E-state index contributed by atoms with van der Waals surface area (Å²) in [6, 6.07) is 15.1. The Bertz CT molecular complexity index is 1390. The predicted molar refractivity (Wildman–Crippen MR) is 144 cm³/mol. The van der Waals surface area contributed by atoms with Crippen molar-refractivity contribution in [1.29, 1.82) is 0 Å². The molecule has 0 unspecified atom stereocenters. The van der Waals surface area contributed by atoms with Gasteiger partial charge in [0.1, 0.15) is 5.75 Å². The molecule has 0 atom stereocenters.